The molecule has 0 amide bonds. The summed E-state index contributed by atoms with van der Waals surface area (Å²) < 4.78 is 1.59. The van der Waals surface area contributed by atoms with Crippen molar-refractivity contribution in [1.82, 2.24) is 14.3 Å². The lowest BCUT2D eigenvalue weighted by Crippen LogP contribution is -2.30. The molecule has 1 fully saturated rings. The van der Waals surface area contributed by atoms with Crippen molar-refractivity contribution >= 4 is 17.4 Å². The first-order valence-electron chi connectivity index (χ1n) is 7.37. The van der Waals surface area contributed by atoms with E-state index in [4.69, 9.17) is 0 Å². The topological polar surface area (TPSA) is 37.6 Å². The lowest BCUT2D eigenvalue weighted by Gasteiger charge is -2.24. The van der Waals surface area contributed by atoms with Gasteiger partial charge >= 0.3 is 0 Å². The van der Waals surface area contributed by atoms with Crippen molar-refractivity contribution in [3.05, 3.63) is 46.5 Å². The first-order valence-corrected chi connectivity index (χ1v) is 8.66. The van der Waals surface area contributed by atoms with Gasteiger partial charge in [0.15, 0.2) is 0 Å². The summed E-state index contributed by atoms with van der Waals surface area (Å²) in [4.78, 5) is 19.0. The van der Waals surface area contributed by atoms with E-state index in [1.807, 2.05) is 30.0 Å². The summed E-state index contributed by atoms with van der Waals surface area (Å²) in [5, 5.41) is 0.785. The Kier molecular flexibility index (Phi) is 4.31. The Labute approximate surface area is 129 Å². The van der Waals surface area contributed by atoms with E-state index in [2.05, 4.69) is 23.2 Å². The molecule has 4 nitrogen and oxygen atoms in total. The van der Waals surface area contributed by atoms with Crippen LogP contribution in [0.5, 0.6) is 0 Å². The number of thioether (sulfide) groups is 1. The molecule has 1 saturated carbocycles. The molecule has 0 bridgehead atoms. The average molecular weight is 303 g/mol. The van der Waals surface area contributed by atoms with Gasteiger partial charge in [0.05, 0.1) is 5.69 Å². The molecular weight excluding hydrogens is 282 g/mol. The minimum Gasteiger partial charge on any atom is -0.298 e. The van der Waals surface area contributed by atoms with E-state index in [0.29, 0.717) is 6.04 Å². The fraction of sp³-hybridized carbons (Fsp3) is 0.500. The Bertz CT molecular complexity index is 685. The van der Waals surface area contributed by atoms with E-state index in [-0.39, 0.29) is 5.56 Å². The van der Waals surface area contributed by atoms with E-state index in [1.165, 1.54) is 19.3 Å². The monoisotopic (exact) mass is 303 g/mol. The van der Waals surface area contributed by atoms with Gasteiger partial charge in [-0.2, -0.15) is 11.8 Å². The summed E-state index contributed by atoms with van der Waals surface area (Å²) in [5.74, 6) is 0. The van der Waals surface area contributed by atoms with Gasteiger partial charge in [0.2, 0.25) is 0 Å². The van der Waals surface area contributed by atoms with Gasteiger partial charge in [-0.1, -0.05) is 6.07 Å². The van der Waals surface area contributed by atoms with Gasteiger partial charge in [-0.05, 0) is 44.7 Å². The van der Waals surface area contributed by atoms with Crippen LogP contribution < -0.4 is 5.56 Å². The van der Waals surface area contributed by atoms with Crippen LogP contribution in [0.3, 0.4) is 0 Å². The number of pyridine rings is 1. The summed E-state index contributed by atoms with van der Waals surface area (Å²) in [5.41, 5.74) is 1.58. The van der Waals surface area contributed by atoms with Crippen molar-refractivity contribution in [2.45, 2.75) is 37.1 Å². The highest BCUT2D eigenvalue weighted by atomic mass is 32.2. The molecule has 0 aromatic carbocycles. The van der Waals surface area contributed by atoms with Crippen LogP contribution in [0, 0.1) is 0 Å². The lowest BCUT2D eigenvalue weighted by molar-refractivity contribution is 0.235. The van der Waals surface area contributed by atoms with Gasteiger partial charge in [-0.15, -0.1) is 0 Å². The molecule has 0 radical (unpaired) electrons. The molecule has 0 unspecified atom stereocenters. The maximum Gasteiger partial charge on any atom is 0.258 e. The highest BCUT2D eigenvalue weighted by Gasteiger charge is 2.27. The zero-order valence-corrected chi connectivity index (χ0v) is 13.3. The second kappa shape index (κ2) is 6.20. The van der Waals surface area contributed by atoms with Crippen LogP contribution in [0.2, 0.25) is 0 Å². The number of hydrogen-bond acceptors (Lipinski definition) is 4. The normalized spacial score (nSPS) is 22.2. The SMILES string of the molecule is CS[C@H]1CC[C@@H](N(C)Cc2cc(=O)n3ccccc3n2)C1. The zero-order chi connectivity index (χ0) is 14.8. The Morgan fingerprint density at radius 1 is 1.43 bits per heavy atom. The first-order chi connectivity index (χ1) is 10.2. The average Bonchev–Trinajstić information content (AvgIpc) is 2.96. The van der Waals surface area contributed by atoms with Gasteiger partial charge in [0.1, 0.15) is 5.65 Å². The fourth-order valence-corrected chi connectivity index (χ4v) is 3.89. The smallest absolute Gasteiger partial charge is 0.258 e. The lowest BCUT2D eigenvalue weighted by atomic mass is 10.2. The van der Waals surface area contributed by atoms with Crippen molar-refractivity contribution in [2.75, 3.05) is 13.3 Å². The third kappa shape index (κ3) is 3.14. The van der Waals surface area contributed by atoms with Crippen LogP contribution in [-0.2, 0) is 6.54 Å². The quantitative estimate of drug-likeness (QED) is 0.869. The molecule has 2 aromatic rings. The molecule has 2 heterocycles. The van der Waals surface area contributed by atoms with Crippen molar-refractivity contribution in [1.29, 1.82) is 0 Å². The van der Waals surface area contributed by atoms with Crippen LogP contribution in [-0.4, -0.2) is 38.9 Å². The largest absolute Gasteiger partial charge is 0.298 e. The van der Waals surface area contributed by atoms with Crippen molar-refractivity contribution in [2.24, 2.45) is 0 Å². The first kappa shape index (κ1) is 14.6. The highest BCUT2D eigenvalue weighted by Crippen LogP contribution is 2.31. The summed E-state index contributed by atoms with van der Waals surface area (Å²) in [7, 11) is 2.14. The molecule has 21 heavy (non-hydrogen) atoms. The Hall–Kier alpha value is -1.33. The van der Waals surface area contributed by atoms with E-state index in [9.17, 15) is 4.79 Å². The predicted molar refractivity (Wildman–Crippen MR) is 87.9 cm³/mol. The molecule has 0 aliphatic heterocycles. The van der Waals surface area contributed by atoms with Gasteiger partial charge in [-0.25, -0.2) is 4.98 Å². The highest BCUT2D eigenvalue weighted by molar-refractivity contribution is 7.99. The number of hydrogen-bond donors (Lipinski definition) is 0. The number of aromatic nitrogens is 2. The summed E-state index contributed by atoms with van der Waals surface area (Å²) in [6.07, 6.45) is 7.74. The van der Waals surface area contributed by atoms with Gasteiger partial charge in [0, 0.05) is 30.1 Å². The van der Waals surface area contributed by atoms with Crippen molar-refractivity contribution in [3.63, 3.8) is 0 Å². The Balaban J connectivity index is 1.77. The maximum absolute atomic E-state index is 12.1. The molecular formula is C16H21N3OS. The minimum atomic E-state index is -0.00240. The molecule has 0 spiro atoms. The molecule has 2 atom stereocenters. The summed E-state index contributed by atoms with van der Waals surface area (Å²) in [6, 6.07) is 7.91. The van der Waals surface area contributed by atoms with E-state index >= 15 is 0 Å². The van der Waals surface area contributed by atoms with Crippen LogP contribution in [0.4, 0.5) is 0 Å². The van der Waals surface area contributed by atoms with E-state index < -0.39 is 0 Å². The molecule has 1 aliphatic rings. The second-order valence-corrected chi connectivity index (χ2v) is 6.89. The third-order valence-electron chi connectivity index (χ3n) is 4.35. The van der Waals surface area contributed by atoms with E-state index in [1.54, 1.807) is 16.7 Å². The number of nitrogens with zero attached hydrogens (tertiary/aromatic N) is 3. The fourth-order valence-electron chi connectivity index (χ4n) is 3.10. The number of rotatable bonds is 4. The van der Waals surface area contributed by atoms with Crippen molar-refractivity contribution in [3.8, 4) is 0 Å². The van der Waals surface area contributed by atoms with Gasteiger partial charge in [0.25, 0.3) is 5.56 Å². The standard InChI is InChI=1S/C16H21N3OS/c1-18(13-6-7-14(10-13)21-2)11-12-9-16(20)19-8-4-3-5-15(19)17-12/h3-5,8-9,13-14H,6-7,10-11H2,1-2H3/t13-,14+/m1/s1. The predicted octanol–water partition coefficient (Wildman–Crippen LogP) is 2.41. The Morgan fingerprint density at radius 3 is 3.05 bits per heavy atom. The maximum atomic E-state index is 12.1. The summed E-state index contributed by atoms with van der Waals surface area (Å²) in [6.45, 7) is 0.742. The third-order valence-corrected chi connectivity index (χ3v) is 5.44. The second-order valence-electron chi connectivity index (χ2n) is 5.75. The molecule has 0 N–H and O–H groups in total. The zero-order valence-electron chi connectivity index (χ0n) is 12.5. The Morgan fingerprint density at radius 2 is 2.29 bits per heavy atom. The van der Waals surface area contributed by atoms with Gasteiger partial charge < -0.3 is 0 Å². The van der Waals surface area contributed by atoms with E-state index in [0.717, 1.165) is 23.1 Å². The van der Waals surface area contributed by atoms with Crippen LogP contribution in [0.15, 0.2) is 35.3 Å². The molecule has 1 aliphatic carbocycles. The van der Waals surface area contributed by atoms with Crippen molar-refractivity contribution < 1.29 is 0 Å². The molecule has 5 heteroatoms. The summed E-state index contributed by atoms with van der Waals surface area (Å²) >= 11 is 1.97. The number of fused-ring (bicyclic) bond motifs is 1. The molecule has 3 rings (SSSR count). The molecule has 2 aromatic heterocycles. The van der Waals surface area contributed by atoms with Crippen LogP contribution >= 0.6 is 11.8 Å². The molecule has 0 saturated heterocycles. The molecule has 112 valence electrons. The van der Waals surface area contributed by atoms with Crippen LogP contribution in [0.25, 0.3) is 5.65 Å². The van der Waals surface area contributed by atoms with Crippen LogP contribution in [0.1, 0.15) is 25.0 Å². The van der Waals surface area contributed by atoms with Gasteiger partial charge in [-0.3, -0.25) is 14.1 Å². The minimum absolute atomic E-state index is 0.00240.